The minimum Gasteiger partial charge on any atom is -0.497 e. The van der Waals surface area contributed by atoms with Crippen molar-refractivity contribution in [2.75, 3.05) is 13.7 Å². The number of fused-ring (bicyclic) bond motifs is 1. The number of piperazine rings is 1. The molecular weight excluding hydrogens is 280 g/mol. The second-order valence-corrected chi connectivity index (χ2v) is 6.38. The third-order valence-corrected chi connectivity index (χ3v) is 4.72. The zero-order valence-electron chi connectivity index (χ0n) is 13.2. The molecule has 1 N–H and O–H groups in total. The van der Waals surface area contributed by atoms with Crippen molar-refractivity contribution in [2.24, 2.45) is 5.92 Å². The van der Waals surface area contributed by atoms with Crippen molar-refractivity contribution in [2.45, 2.75) is 38.3 Å². The summed E-state index contributed by atoms with van der Waals surface area (Å²) >= 11 is 0. The number of hydrogen-bond donors (Lipinski definition) is 1. The van der Waals surface area contributed by atoms with Crippen molar-refractivity contribution >= 4 is 11.8 Å². The Hall–Kier alpha value is -2.04. The van der Waals surface area contributed by atoms with Gasteiger partial charge in [0.1, 0.15) is 17.8 Å². The van der Waals surface area contributed by atoms with E-state index in [4.69, 9.17) is 4.74 Å². The third-order valence-electron chi connectivity index (χ3n) is 4.72. The van der Waals surface area contributed by atoms with Gasteiger partial charge in [-0.1, -0.05) is 26.0 Å². The van der Waals surface area contributed by atoms with E-state index >= 15 is 0 Å². The van der Waals surface area contributed by atoms with Crippen LogP contribution in [0.25, 0.3) is 0 Å². The van der Waals surface area contributed by atoms with Gasteiger partial charge in [-0.15, -0.1) is 0 Å². The molecule has 22 heavy (non-hydrogen) atoms. The van der Waals surface area contributed by atoms with Crippen LogP contribution in [0.4, 0.5) is 0 Å². The Morgan fingerprint density at radius 3 is 2.50 bits per heavy atom. The number of hydrogen-bond acceptors (Lipinski definition) is 3. The summed E-state index contributed by atoms with van der Waals surface area (Å²) in [7, 11) is 1.63. The van der Waals surface area contributed by atoms with Gasteiger partial charge in [0.15, 0.2) is 0 Å². The van der Waals surface area contributed by atoms with Crippen molar-refractivity contribution in [1.82, 2.24) is 10.2 Å². The normalized spacial score (nSPS) is 27.8. The van der Waals surface area contributed by atoms with Gasteiger partial charge in [0.2, 0.25) is 11.8 Å². The van der Waals surface area contributed by atoms with E-state index in [1.165, 1.54) is 0 Å². The summed E-state index contributed by atoms with van der Waals surface area (Å²) in [5, 5.41) is 2.90. The van der Waals surface area contributed by atoms with E-state index in [-0.39, 0.29) is 29.7 Å². The maximum atomic E-state index is 12.6. The molecule has 0 bridgehead atoms. The molecule has 0 unspecified atom stereocenters. The van der Waals surface area contributed by atoms with Crippen molar-refractivity contribution < 1.29 is 14.3 Å². The molecule has 1 aromatic carbocycles. The topological polar surface area (TPSA) is 58.6 Å². The first-order valence-corrected chi connectivity index (χ1v) is 7.77. The van der Waals surface area contributed by atoms with Gasteiger partial charge in [0, 0.05) is 12.5 Å². The van der Waals surface area contributed by atoms with Gasteiger partial charge in [0.05, 0.1) is 7.11 Å². The van der Waals surface area contributed by atoms with Crippen LogP contribution in [0.5, 0.6) is 5.75 Å². The Balaban J connectivity index is 1.85. The Morgan fingerprint density at radius 2 is 1.91 bits per heavy atom. The van der Waals surface area contributed by atoms with Crippen molar-refractivity contribution in [3.05, 3.63) is 29.8 Å². The van der Waals surface area contributed by atoms with E-state index in [0.717, 1.165) is 17.7 Å². The molecule has 3 atom stereocenters. The first kappa shape index (κ1) is 14.9. The van der Waals surface area contributed by atoms with E-state index in [1.807, 2.05) is 38.1 Å². The zero-order chi connectivity index (χ0) is 15.9. The van der Waals surface area contributed by atoms with Gasteiger partial charge in [0.25, 0.3) is 0 Å². The first-order chi connectivity index (χ1) is 10.5. The summed E-state index contributed by atoms with van der Waals surface area (Å²) in [5.41, 5.74) is 1.08. The quantitative estimate of drug-likeness (QED) is 0.921. The Labute approximate surface area is 130 Å². The predicted molar refractivity (Wildman–Crippen MR) is 82.6 cm³/mol. The van der Waals surface area contributed by atoms with Crippen LogP contribution in [0, 0.1) is 5.92 Å². The van der Waals surface area contributed by atoms with Crippen LogP contribution in [-0.2, 0) is 9.59 Å². The standard InChI is InChI=1S/C17H22N2O3/c1-10(2)14-17(21)19-9-8-13(15(19)16(20)18-14)11-4-6-12(22-3)7-5-11/h4-7,10,13-15H,8-9H2,1-3H3,(H,18,20)/t13-,14-,15+/m1/s1. The zero-order valence-corrected chi connectivity index (χ0v) is 13.2. The molecule has 0 saturated carbocycles. The molecule has 2 amide bonds. The van der Waals surface area contributed by atoms with E-state index in [2.05, 4.69) is 5.32 Å². The van der Waals surface area contributed by atoms with Crippen LogP contribution in [0.1, 0.15) is 31.7 Å². The summed E-state index contributed by atoms with van der Waals surface area (Å²) < 4.78 is 5.17. The SMILES string of the molecule is COc1ccc([C@H]2CCN3C(=O)[C@@H](C(C)C)NC(=O)[C@H]23)cc1. The number of rotatable bonds is 3. The molecule has 118 valence electrons. The first-order valence-electron chi connectivity index (χ1n) is 7.77. The molecule has 3 rings (SSSR count). The smallest absolute Gasteiger partial charge is 0.246 e. The molecule has 2 heterocycles. The number of amides is 2. The third kappa shape index (κ3) is 2.34. The van der Waals surface area contributed by atoms with Gasteiger partial charge < -0.3 is 15.0 Å². The molecular formula is C17H22N2O3. The molecule has 0 spiro atoms. The minimum absolute atomic E-state index is 0.0309. The van der Waals surface area contributed by atoms with E-state index < -0.39 is 6.04 Å². The van der Waals surface area contributed by atoms with Crippen LogP contribution in [0.15, 0.2) is 24.3 Å². The van der Waals surface area contributed by atoms with Crippen molar-refractivity contribution in [3.8, 4) is 5.75 Å². The number of carbonyl (C=O) groups excluding carboxylic acids is 2. The average Bonchev–Trinajstić information content (AvgIpc) is 2.96. The van der Waals surface area contributed by atoms with Crippen LogP contribution >= 0.6 is 0 Å². The molecule has 2 saturated heterocycles. The predicted octanol–water partition coefficient (Wildman–Crippen LogP) is 1.53. The largest absolute Gasteiger partial charge is 0.497 e. The van der Waals surface area contributed by atoms with Gasteiger partial charge in [-0.2, -0.15) is 0 Å². The minimum atomic E-state index is -0.390. The highest BCUT2D eigenvalue weighted by molar-refractivity contribution is 5.98. The monoisotopic (exact) mass is 302 g/mol. The van der Waals surface area contributed by atoms with Gasteiger partial charge in [-0.05, 0) is 30.0 Å². The number of nitrogens with one attached hydrogen (secondary N) is 1. The number of nitrogens with zero attached hydrogens (tertiary/aromatic N) is 1. The lowest BCUT2D eigenvalue weighted by Gasteiger charge is -2.38. The van der Waals surface area contributed by atoms with E-state index in [0.29, 0.717) is 6.54 Å². The molecule has 5 heteroatoms. The maximum absolute atomic E-state index is 12.6. The maximum Gasteiger partial charge on any atom is 0.246 e. The van der Waals surface area contributed by atoms with Crippen LogP contribution in [-0.4, -0.2) is 42.5 Å². The summed E-state index contributed by atoms with van der Waals surface area (Å²) in [4.78, 5) is 26.8. The summed E-state index contributed by atoms with van der Waals surface area (Å²) in [6.45, 7) is 4.57. The highest BCUT2D eigenvalue weighted by Crippen LogP contribution is 2.36. The number of benzene rings is 1. The van der Waals surface area contributed by atoms with Crippen LogP contribution < -0.4 is 10.1 Å². The molecule has 2 aliphatic rings. The highest BCUT2D eigenvalue weighted by atomic mass is 16.5. The lowest BCUT2D eigenvalue weighted by Crippen LogP contribution is -2.63. The molecule has 0 aromatic heterocycles. The lowest BCUT2D eigenvalue weighted by molar-refractivity contribution is -0.148. The van der Waals surface area contributed by atoms with Gasteiger partial charge in [-0.25, -0.2) is 0 Å². The van der Waals surface area contributed by atoms with Gasteiger partial charge >= 0.3 is 0 Å². The highest BCUT2D eigenvalue weighted by Gasteiger charge is 2.49. The molecule has 5 nitrogen and oxygen atoms in total. The van der Waals surface area contributed by atoms with Crippen molar-refractivity contribution in [1.29, 1.82) is 0 Å². The molecule has 2 fully saturated rings. The summed E-state index contributed by atoms with van der Waals surface area (Å²) in [6.07, 6.45) is 0.820. The summed E-state index contributed by atoms with van der Waals surface area (Å²) in [6, 6.07) is 7.00. The molecule has 0 aliphatic carbocycles. The second kappa shape index (κ2) is 5.63. The average molecular weight is 302 g/mol. The number of methoxy groups -OCH3 is 1. The Kier molecular flexibility index (Phi) is 3.81. The second-order valence-electron chi connectivity index (χ2n) is 6.38. The van der Waals surface area contributed by atoms with Crippen LogP contribution in [0.2, 0.25) is 0 Å². The van der Waals surface area contributed by atoms with E-state index in [9.17, 15) is 9.59 Å². The fourth-order valence-corrected chi connectivity index (χ4v) is 3.49. The Morgan fingerprint density at radius 1 is 1.23 bits per heavy atom. The van der Waals surface area contributed by atoms with E-state index in [1.54, 1.807) is 12.0 Å². The summed E-state index contributed by atoms with van der Waals surface area (Å²) in [5.74, 6) is 0.982. The Bertz CT molecular complexity index is 582. The molecule has 1 aromatic rings. The van der Waals surface area contributed by atoms with Gasteiger partial charge in [-0.3, -0.25) is 9.59 Å². The lowest BCUT2D eigenvalue weighted by atomic mass is 9.89. The molecule has 2 aliphatic heterocycles. The fourth-order valence-electron chi connectivity index (χ4n) is 3.49. The van der Waals surface area contributed by atoms with Crippen LogP contribution in [0.3, 0.4) is 0 Å². The fraction of sp³-hybridized carbons (Fsp3) is 0.529. The number of carbonyl (C=O) groups is 2. The van der Waals surface area contributed by atoms with Crippen molar-refractivity contribution in [3.63, 3.8) is 0 Å². The molecule has 0 radical (unpaired) electrons. The number of ether oxygens (including phenoxy) is 1.